The Kier molecular flexibility index (Phi) is 9.58. The van der Waals surface area contributed by atoms with Crippen molar-refractivity contribution in [3.8, 4) is 5.75 Å². The van der Waals surface area contributed by atoms with Gasteiger partial charge in [0.25, 0.3) is 5.79 Å². The van der Waals surface area contributed by atoms with E-state index in [0.717, 1.165) is 34.6 Å². The van der Waals surface area contributed by atoms with Gasteiger partial charge in [-0.3, -0.25) is 24.0 Å². The van der Waals surface area contributed by atoms with Crippen LogP contribution in [-0.2, 0) is 52.4 Å². The van der Waals surface area contributed by atoms with E-state index in [9.17, 15) is 24.0 Å². The monoisotopic (exact) mass is 496 g/mol. The molecule has 0 bridgehead atoms. The van der Waals surface area contributed by atoms with Crippen molar-refractivity contribution >= 4 is 29.8 Å². The number of ether oxygens (including phenoxy) is 7. The maximum Gasteiger partial charge on any atom is 0.303 e. The van der Waals surface area contributed by atoms with Gasteiger partial charge in [-0.2, -0.15) is 0 Å². The molecule has 12 nitrogen and oxygen atoms in total. The molecule has 1 saturated heterocycles. The Bertz CT molecular complexity index is 930. The Hall–Kier alpha value is -3.67. The van der Waals surface area contributed by atoms with Crippen molar-refractivity contribution in [1.29, 1.82) is 0 Å². The van der Waals surface area contributed by atoms with Crippen molar-refractivity contribution in [2.24, 2.45) is 0 Å². The fraction of sp³-hybridized carbons (Fsp3) is 0.522. The van der Waals surface area contributed by atoms with Crippen molar-refractivity contribution in [2.75, 3.05) is 13.2 Å². The molecule has 192 valence electrons. The molecule has 0 spiro atoms. The normalized spacial score (nSPS) is 25.5. The molecule has 12 heteroatoms. The zero-order valence-corrected chi connectivity index (χ0v) is 20.0. The lowest BCUT2D eigenvalue weighted by atomic mass is 9.91. The quantitative estimate of drug-likeness (QED) is 0.355. The third-order valence-corrected chi connectivity index (χ3v) is 4.63. The Morgan fingerprint density at radius 3 is 1.80 bits per heavy atom. The molecule has 1 aliphatic rings. The lowest BCUT2D eigenvalue weighted by molar-refractivity contribution is -0.349. The highest BCUT2D eigenvalue weighted by Gasteiger charge is 2.62. The van der Waals surface area contributed by atoms with Gasteiger partial charge in [-0.05, 0) is 12.1 Å². The third kappa shape index (κ3) is 7.95. The Morgan fingerprint density at radius 2 is 1.29 bits per heavy atom. The molecule has 1 aromatic carbocycles. The second kappa shape index (κ2) is 12.2. The standard InChI is InChI=1S/C23H28O12/c1-13(24)29-11-19-20(31-15(3)26)21(32-16(4)27)22(33-17(5)28)23(35-19,12-30-14(2)25)34-18-9-7-6-8-10-18/h6-10,19-22H,11-12H2,1-5H3. The van der Waals surface area contributed by atoms with E-state index in [1.54, 1.807) is 30.3 Å². The van der Waals surface area contributed by atoms with Gasteiger partial charge in [0.2, 0.25) is 6.10 Å². The van der Waals surface area contributed by atoms with Crippen molar-refractivity contribution in [2.45, 2.75) is 64.8 Å². The summed E-state index contributed by atoms with van der Waals surface area (Å²) in [5.41, 5.74) is 0. The van der Waals surface area contributed by atoms with Crippen LogP contribution < -0.4 is 4.74 Å². The van der Waals surface area contributed by atoms with Crippen LogP contribution >= 0.6 is 0 Å². The molecule has 35 heavy (non-hydrogen) atoms. The van der Waals surface area contributed by atoms with Crippen LogP contribution in [0.3, 0.4) is 0 Å². The van der Waals surface area contributed by atoms with E-state index in [2.05, 4.69) is 0 Å². The lowest BCUT2D eigenvalue weighted by Crippen LogP contribution is -2.71. The number of esters is 5. The van der Waals surface area contributed by atoms with Crippen molar-refractivity contribution in [1.82, 2.24) is 0 Å². The van der Waals surface area contributed by atoms with Crippen LogP contribution in [0.2, 0.25) is 0 Å². The summed E-state index contributed by atoms with van der Waals surface area (Å²) in [6, 6.07) is 8.15. The smallest absolute Gasteiger partial charge is 0.303 e. The Morgan fingerprint density at radius 1 is 0.743 bits per heavy atom. The summed E-state index contributed by atoms with van der Waals surface area (Å²) < 4.78 is 38.6. The summed E-state index contributed by atoms with van der Waals surface area (Å²) in [5.74, 6) is -5.67. The molecule has 0 N–H and O–H groups in total. The fourth-order valence-electron chi connectivity index (χ4n) is 3.46. The van der Waals surface area contributed by atoms with E-state index in [1.807, 2.05) is 0 Å². The van der Waals surface area contributed by atoms with Gasteiger partial charge in [0.15, 0.2) is 18.8 Å². The minimum absolute atomic E-state index is 0.218. The number of hydrogen-bond acceptors (Lipinski definition) is 12. The zero-order valence-electron chi connectivity index (χ0n) is 20.0. The maximum absolute atomic E-state index is 12.1. The second-order valence-electron chi connectivity index (χ2n) is 7.64. The first-order valence-electron chi connectivity index (χ1n) is 10.6. The van der Waals surface area contributed by atoms with Gasteiger partial charge in [-0.1, -0.05) is 18.2 Å². The van der Waals surface area contributed by atoms with Gasteiger partial charge in [-0.15, -0.1) is 0 Å². The van der Waals surface area contributed by atoms with E-state index in [1.165, 1.54) is 0 Å². The first kappa shape index (κ1) is 27.6. The average Bonchev–Trinajstić information content (AvgIpc) is 2.75. The molecule has 2 rings (SSSR count). The van der Waals surface area contributed by atoms with E-state index in [-0.39, 0.29) is 5.75 Å². The molecule has 0 aliphatic carbocycles. The van der Waals surface area contributed by atoms with E-state index in [4.69, 9.17) is 33.2 Å². The predicted molar refractivity (Wildman–Crippen MR) is 115 cm³/mol. The topological polar surface area (TPSA) is 150 Å². The number of rotatable bonds is 9. The minimum Gasteiger partial charge on any atom is -0.463 e. The molecule has 1 aliphatic heterocycles. The molecule has 5 unspecified atom stereocenters. The fourth-order valence-corrected chi connectivity index (χ4v) is 3.46. The van der Waals surface area contributed by atoms with Gasteiger partial charge < -0.3 is 33.2 Å². The van der Waals surface area contributed by atoms with Crippen LogP contribution in [0.5, 0.6) is 5.75 Å². The van der Waals surface area contributed by atoms with Gasteiger partial charge in [-0.25, -0.2) is 0 Å². The largest absolute Gasteiger partial charge is 0.463 e. The number of carbonyl (C=O) groups excluding carboxylic acids is 5. The van der Waals surface area contributed by atoms with Gasteiger partial charge in [0.05, 0.1) is 0 Å². The average molecular weight is 496 g/mol. The predicted octanol–water partition coefficient (Wildman–Crippen LogP) is 1.08. The molecule has 1 heterocycles. The van der Waals surface area contributed by atoms with Gasteiger partial charge in [0.1, 0.15) is 18.5 Å². The molecule has 1 fully saturated rings. The first-order chi connectivity index (χ1) is 16.4. The molecule has 1 aromatic rings. The third-order valence-electron chi connectivity index (χ3n) is 4.63. The summed E-state index contributed by atoms with van der Waals surface area (Å²) in [7, 11) is 0. The highest BCUT2D eigenvalue weighted by Crippen LogP contribution is 2.38. The molecular weight excluding hydrogens is 468 g/mol. The minimum atomic E-state index is -2.10. The second-order valence-corrected chi connectivity index (χ2v) is 7.64. The van der Waals surface area contributed by atoms with E-state index < -0.39 is 73.3 Å². The van der Waals surface area contributed by atoms with Crippen LogP contribution in [0.15, 0.2) is 30.3 Å². The number of carbonyl (C=O) groups is 5. The number of para-hydroxylation sites is 1. The molecule has 5 atom stereocenters. The zero-order chi connectivity index (χ0) is 26.2. The van der Waals surface area contributed by atoms with Crippen molar-refractivity contribution < 1.29 is 57.1 Å². The summed E-state index contributed by atoms with van der Waals surface area (Å²) in [6.45, 7) is 4.50. The Balaban J connectivity index is 2.68. The van der Waals surface area contributed by atoms with Crippen molar-refractivity contribution in [3.05, 3.63) is 30.3 Å². The molecular formula is C23H28O12. The van der Waals surface area contributed by atoms with Gasteiger partial charge in [0, 0.05) is 34.6 Å². The molecule has 0 radical (unpaired) electrons. The Labute approximate surface area is 201 Å². The SMILES string of the molecule is CC(=O)OCC1OC(COC(C)=O)(Oc2ccccc2)C(OC(C)=O)C(OC(C)=O)C1OC(C)=O. The van der Waals surface area contributed by atoms with E-state index >= 15 is 0 Å². The van der Waals surface area contributed by atoms with Crippen LogP contribution in [0.4, 0.5) is 0 Å². The number of hydrogen-bond donors (Lipinski definition) is 0. The highest BCUT2D eigenvalue weighted by atomic mass is 16.8. The maximum atomic E-state index is 12.1. The van der Waals surface area contributed by atoms with E-state index in [0.29, 0.717) is 0 Å². The highest BCUT2D eigenvalue weighted by molar-refractivity contribution is 5.69. The van der Waals surface area contributed by atoms with Crippen LogP contribution in [0.1, 0.15) is 34.6 Å². The van der Waals surface area contributed by atoms with Crippen molar-refractivity contribution in [3.63, 3.8) is 0 Å². The molecule has 0 saturated carbocycles. The van der Waals surface area contributed by atoms with Gasteiger partial charge >= 0.3 is 29.8 Å². The van der Waals surface area contributed by atoms with Crippen LogP contribution in [0, 0.1) is 0 Å². The van der Waals surface area contributed by atoms with Crippen LogP contribution in [0.25, 0.3) is 0 Å². The summed E-state index contributed by atoms with van der Waals surface area (Å²) in [6.07, 6.45) is -5.74. The lowest BCUT2D eigenvalue weighted by Gasteiger charge is -2.50. The molecule has 0 aromatic heterocycles. The summed E-state index contributed by atoms with van der Waals surface area (Å²) in [5, 5.41) is 0. The van der Waals surface area contributed by atoms with Crippen LogP contribution in [-0.4, -0.2) is 73.3 Å². The summed E-state index contributed by atoms with van der Waals surface area (Å²) >= 11 is 0. The number of benzene rings is 1. The first-order valence-corrected chi connectivity index (χ1v) is 10.6. The molecule has 0 amide bonds. The summed E-state index contributed by atoms with van der Waals surface area (Å²) in [4.78, 5) is 59.2.